The van der Waals surface area contributed by atoms with E-state index in [9.17, 15) is 9.59 Å². The molecule has 2 aromatic heterocycles. The predicted octanol–water partition coefficient (Wildman–Crippen LogP) is 3.36. The molecule has 32 heavy (non-hydrogen) atoms. The molecule has 0 bridgehead atoms. The van der Waals surface area contributed by atoms with Crippen LogP contribution in [-0.2, 0) is 11.3 Å². The Morgan fingerprint density at radius 3 is 2.72 bits per heavy atom. The summed E-state index contributed by atoms with van der Waals surface area (Å²) in [7, 11) is 0. The van der Waals surface area contributed by atoms with Crippen molar-refractivity contribution in [2.45, 2.75) is 18.7 Å². The van der Waals surface area contributed by atoms with E-state index in [0.717, 1.165) is 16.8 Å². The lowest BCUT2D eigenvalue weighted by Gasteiger charge is -2.09. The second-order valence-electron chi connectivity index (χ2n) is 6.82. The van der Waals surface area contributed by atoms with E-state index < -0.39 is 0 Å². The Morgan fingerprint density at radius 1 is 1.12 bits per heavy atom. The van der Waals surface area contributed by atoms with Crippen molar-refractivity contribution in [2.24, 2.45) is 0 Å². The van der Waals surface area contributed by atoms with Gasteiger partial charge in [0.25, 0.3) is 10.8 Å². The number of amides is 1. The number of nitrogens with zero attached hydrogens (tertiary/aromatic N) is 3. The third-order valence-corrected chi connectivity index (χ3v) is 5.40. The molecule has 0 atom stereocenters. The van der Waals surface area contributed by atoms with Crippen molar-refractivity contribution in [1.29, 1.82) is 0 Å². The summed E-state index contributed by atoms with van der Waals surface area (Å²) in [5, 5.41) is 7.66. The fourth-order valence-electron chi connectivity index (χ4n) is 3.04. The van der Waals surface area contributed by atoms with Gasteiger partial charge >= 0.3 is 0 Å². The Hall–Kier alpha value is -3.59. The van der Waals surface area contributed by atoms with Crippen LogP contribution in [0.1, 0.15) is 6.92 Å². The van der Waals surface area contributed by atoms with Gasteiger partial charge in [-0.1, -0.05) is 23.9 Å². The Morgan fingerprint density at radius 2 is 1.94 bits per heavy atom. The molecule has 1 N–H and O–H groups in total. The van der Waals surface area contributed by atoms with Gasteiger partial charge in [-0.25, -0.2) is 9.67 Å². The predicted molar refractivity (Wildman–Crippen MR) is 123 cm³/mol. The number of nitrogens with one attached hydrogen (secondary N) is 1. The first-order chi connectivity index (χ1) is 15.6. The van der Waals surface area contributed by atoms with Gasteiger partial charge in [0.05, 0.1) is 24.6 Å². The fraction of sp³-hybridized carbons (Fsp3) is 0.217. The summed E-state index contributed by atoms with van der Waals surface area (Å²) in [6, 6.07) is 18.1. The van der Waals surface area contributed by atoms with Crippen LogP contribution in [0.15, 0.2) is 75.1 Å². The summed E-state index contributed by atoms with van der Waals surface area (Å²) in [6.45, 7) is 3.08. The van der Waals surface area contributed by atoms with Gasteiger partial charge in [0.1, 0.15) is 11.3 Å². The largest absolute Gasteiger partial charge is 0.494 e. The summed E-state index contributed by atoms with van der Waals surface area (Å²) >= 11 is 1.22. The minimum atomic E-state index is -0.227. The molecule has 1 amide bonds. The molecule has 0 aliphatic rings. The standard InChI is InChI=1S/C23H22N4O4S/c1-2-30-17-9-7-16(8-10-17)18-11-12-22(29)27(26-18)14-13-24-21(28)15-32-23-25-19-5-3-4-6-20(19)31-23/h3-12H,2,13-15H2,1H3,(H,24,28). The summed E-state index contributed by atoms with van der Waals surface area (Å²) in [5.41, 5.74) is 2.77. The smallest absolute Gasteiger partial charge is 0.266 e. The van der Waals surface area contributed by atoms with Crippen molar-refractivity contribution >= 4 is 28.8 Å². The first-order valence-electron chi connectivity index (χ1n) is 10.2. The summed E-state index contributed by atoms with van der Waals surface area (Å²) in [6.07, 6.45) is 0. The van der Waals surface area contributed by atoms with Gasteiger partial charge in [-0.2, -0.15) is 5.10 Å². The van der Waals surface area contributed by atoms with Gasteiger partial charge in [0.15, 0.2) is 5.58 Å². The first-order valence-corrected chi connectivity index (χ1v) is 11.2. The molecule has 0 unspecified atom stereocenters. The van der Waals surface area contributed by atoms with Crippen molar-refractivity contribution < 1.29 is 13.9 Å². The molecule has 4 aromatic rings. The maximum Gasteiger partial charge on any atom is 0.266 e. The zero-order chi connectivity index (χ0) is 22.3. The Balaban J connectivity index is 1.30. The van der Waals surface area contributed by atoms with Crippen LogP contribution in [0.2, 0.25) is 0 Å². The molecule has 4 rings (SSSR count). The molecular weight excluding hydrogens is 428 g/mol. The highest BCUT2D eigenvalue weighted by Gasteiger charge is 2.09. The SMILES string of the molecule is CCOc1ccc(-c2ccc(=O)n(CCNC(=O)CSc3nc4ccccc4o3)n2)cc1. The van der Waals surface area contributed by atoms with E-state index in [-0.39, 0.29) is 30.3 Å². The number of benzene rings is 2. The molecule has 0 saturated carbocycles. The number of carbonyl (C=O) groups is 1. The second kappa shape index (κ2) is 10.1. The minimum absolute atomic E-state index is 0.168. The van der Waals surface area contributed by atoms with Crippen molar-refractivity contribution in [2.75, 3.05) is 18.9 Å². The molecule has 2 heterocycles. The average molecular weight is 451 g/mol. The fourth-order valence-corrected chi connectivity index (χ4v) is 3.71. The number of fused-ring (bicyclic) bond motifs is 1. The normalized spacial score (nSPS) is 10.9. The van der Waals surface area contributed by atoms with E-state index in [4.69, 9.17) is 9.15 Å². The number of ether oxygens (including phenoxy) is 1. The third-order valence-electron chi connectivity index (χ3n) is 4.57. The van der Waals surface area contributed by atoms with Crippen LogP contribution in [0.25, 0.3) is 22.4 Å². The van der Waals surface area contributed by atoms with Crippen molar-refractivity contribution in [3.05, 3.63) is 71.0 Å². The van der Waals surface area contributed by atoms with Gasteiger partial charge in [-0.3, -0.25) is 9.59 Å². The molecule has 164 valence electrons. The monoisotopic (exact) mass is 450 g/mol. The number of carbonyl (C=O) groups excluding carboxylic acids is 1. The van der Waals surface area contributed by atoms with Crippen LogP contribution in [0.4, 0.5) is 0 Å². The van der Waals surface area contributed by atoms with Crippen LogP contribution >= 0.6 is 11.8 Å². The number of rotatable bonds is 9. The molecule has 0 fully saturated rings. The van der Waals surface area contributed by atoms with Crippen molar-refractivity contribution in [1.82, 2.24) is 20.1 Å². The molecule has 2 aromatic carbocycles. The van der Waals surface area contributed by atoms with E-state index in [2.05, 4.69) is 15.4 Å². The molecule has 0 radical (unpaired) electrons. The molecule has 0 aliphatic carbocycles. The van der Waals surface area contributed by atoms with Gasteiger partial charge < -0.3 is 14.5 Å². The van der Waals surface area contributed by atoms with Crippen molar-refractivity contribution in [3.63, 3.8) is 0 Å². The van der Waals surface area contributed by atoms with Crippen molar-refractivity contribution in [3.8, 4) is 17.0 Å². The molecule has 9 heteroatoms. The number of para-hydroxylation sites is 2. The van der Waals surface area contributed by atoms with E-state index >= 15 is 0 Å². The lowest BCUT2D eigenvalue weighted by Crippen LogP contribution is -2.32. The van der Waals surface area contributed by atoms with Gasteiger partial charge in [0.2, 0.25) is 5.91 Å². The molecule has 0 saturated heterocycles. The Labute approximate surface area is 188 Å². The Bertz CT molecular complexity index is 1230. The highest BCUT2D eigenvalue weighted by Crippen LogP contribution is 2.23. The highest BCUT2D eigenvalue weighted by atomic mass is 32.2. The van der Waals surface area contributed by atoms with E-state index in [1.54, 1.807) is 6.07 Å². The van der Waals surface area contributed by atoms with Crippen LogP contribution in [0.3, 0.4) is 0 Å². The lowest BCUT2D eigenvalue weighted by molar-refractivity contribution is -0.118. The quantitative estimate of drug-likeness (QED) is 0.390. The van der Waals surface area contributed by atoms with Gasteiger partial charge in [-0.05, 0) is 49.4 Å². The molecule has 0 spiro atoms. The van der Waals surface area contributed by atoms with Crippen LogP contribution in [0, 0.1) is 0 Å². The molecule has 8 nitrogen and oxygen atoms in total. The number of hydrogen-bond acceptors (Lipinski definition) is 7. The number of thioether (sulfide) groups is 1. The van der Waals surface area contributed by atoms with Gasteiger partial charge in [0, 0.05) is 18.2 Å². The number of hydrogen-bond donors (Lipinski definition) is 1. The second-order valence-corrected chi connectivity index (χ2v) is 7.75. The molecular formula is C23H22N4O4S. The zero-order valence-electron chi connectivity index (χ0n) is 17.5. The van der Waals surface area contributed by atoms with E-state index in [0.29, 0.717) is 23.1 Å². The Kier molecular flexibility index (Phi) is 6.86. The first kappa shape index (κ1) is 21.6. The average Bonchev–Trinajstić information content (AvgIpc) is 3.23. The third kappa shape index (κ3) is 5.36. The van der Waals surface area contributed by atoms with Crippen LogP contribution in [-0.4, -0.2) is 39.6 Å². The van der Waals surface area contributed by atoms with E-state index in [1.165, 1.54) is 22.5 Å². The minimum Gasteiger partial charge on any atom is -0.494 e. The summed E-state index contributed by atoms with van der Waals surface area (Å²) < 4.78 is 12.4. The number of aromatic nitrogens is 3. The van der Waals surface area contributed by atoms with Crippen LogP contribution in [0.5, 0.6) is 5.75 Å². The summed E-state index contributed by atoms with van der Waals surface area (Å²) in [5.74, 6) is 0.775. The maximum absolute atomic E-state index is 12.2. The zero-order valence-corrected chi connectivity index (χ0v) is 18.3. The maximum atomic E-state index is 12.2. The summed E-state index contributed by atoms with van der Waals surface area (Å²) in [4.78, 5) is 28.6. The number of oxazole rings is 1. The highest BCUT2D eigenvalue weighted by molar-refractivity contribution is 7.99. The van der Waals surface area contributed by atoms with E-state index in [1.807, 2.05) is 55.5 Å². The van der Waals surface area contributed by atoms with Crippen LogP contribution < -0.4 is 15.6 Å². The van der Waals surface area contributed by atoms with Gasteiger partial charge in [-0.15, -0.1) is 0 Å². The topological polar surface area (TPSA) is 99.2 Å². The molecule has 0 aliphatic heterocycles. The lowest BCUT2D eigenvalue weighted by atomic mass is 10.1.